The van der Waals surface area contributed by atoms with Crippen molar-refractivity contribution in [2.75, 3.05) is 6.54 Å². The van der Waals surface area contributed by atoms with Crippen LogP contribution >= 0.6 is 0 Å². The summed E-state index contributed by atoms with van der Waals surface area (Å²) < 4.78 is 13.7. The molecule has 0 bridgehead atoms. The Labute approximate surface area is 152 Å². The van der Waals surface area contributed by atoms with E-state index in [-0.39, 0.29) is 12.1 Å². The molecule has 0 saturated heterocycles. The van der Waals surface area contributed by atoms with Crippen LogP contribution in [-0.2, 0) is 5.60 Å². The van der Waals surface area contributed by atoms with Crippen LogP contribution in [0.3, 0.4) is 0 Å². The number of hydrogen-bond donors (Lipinski definition) is 2. The molecule has 3 rings (SSSR count). The third kappa shape index (κ3) is 3.98. The molecule has 2 N–H and O–H groups in total. The van der Waals surface area contributed by atoms with Gasteiger partial charge in [-0.1, -0.05) is 66.7 Å². The average molecular weight is 349 g/mol. The summed E-state index contributed by atoms with van der Waals surface area (Å²) in [6, 6.07) is 23.2. The van der Waals surface area contributed by atoms with Crippen molar-refractivity contribution >= 4 is 5.91 Å². The molecular weight excluding hydrogens is 329 g/mol. The van der Waals surface area contributed by atoms with Crippen molar-refractivity contribution in [3.8, 4) is 11.1 Å². The van der Waals surface area contributed by atoms with Gasteiger partial charge in [-0.25, -0.2) is 4.39 Å². The van der Waals surface area contributed by atoms with Crippen LogP contribution < -0.4 is 5.32 Å². The highest BCUT2D eigenvalue weighted by Crippen LogP contribution is 2.25. The van der Waals surface area contributed by atoms with E-state index in [1.54, 1.807) is 13.0 Å². The highest BCUT2D eigenvalue weighted by Gasteiger charge is 2.24. The number of carbonyl (C=O) groups is 1. The predicted molar refractivity (Wildman–Crippen MR) is 100 cm³/mol. The van der Waals surface area contributed by atoms with Crippen LogP contribution in [0.2, 0.25) is 0 Å². The normalized spacial score (nSPS) is 13.0. The highest BCUT2D eigenvalue weighted by molar-refractivity contribution is 5.94. The van der Waals surface area contributed by atoms with Gasteiger partial charge in [0.25, 0.3) is 5.91 Å². The first kappa shape index (κ1) is 17.8. The SMILES string of the molecule is CC(O)(CNC(=O)c1ccccc1F)c1ccc(-c2ccccc2)cc1. The van der Waals surface area contributed by atoms with Crippen molar-refractivity contribution in [2.24, 2.45) is 0 Å². The maximum Gasteiger partial charge on any atom is 0.254 e. The zero-order valence-electron chi connectivity index (χ0n) is 14.4. The molecule has 0 aromatic heterocycles. The molecule has 0 heterocycles. The molecule has 0 fully saturated rings. The molecule has 0 aliphatic carbocycles. The smallest absolute Gasteiger partial charge is 0.254 e. The fraction of sp³-hybridized carbons (Fsp3) is 0.136. The number of amides is 1. The largest absolute Gasteiger partial charge is 0.384 e. The Bertz CT molecular complexity index is 890. The van der Waals surface area contributed by atoms with Gasteiger partial charge in [-0.3, -0.25) is 4.79 Å². The van der Waals surface area contributed by atoms with Crippen LogP contribution in [0.5, 0.6) is 0 Å². The Morgan fingerprint density at radius 3 is 2.15 bits per heavy atom. The lowest BCUT2D eigenvalue weighted by molar-refractivity contribution is 0.0525. The molecule has 0 radical (unpaired) electrons. The number of hydrogen-bond acceptors (Lipinski definition) is 2. The minimum absolute atomic E-state index is 0.0230. The van der Waals surface area contributed by atoms with E-state index in [2.05, 4.69) is 5.32 Å². The number of nitrogens with one attached hydrogen (secondary N) is 1. The molecule has 0 spiro atoms. The maximum absolute atomic E-state index is 13.7. The lowest BCUT2D eigenvalue weighted by Crippen LogP contribution is -2.38. The van der Waals surface area contributed by atoms with Crippen molar-refractivity contribution in [3.05, 3.63) is 95.8 Å². The third-order valence-corrected chi connectivity index (χ3v) is 4.33. The summed E-state index contributed by atoms with van der Waals surface area (Å²) in [5.41, 5.74) is 1.50. The fourth-order valence-corrected chi connectivity index (χ4v) is 2.75. The molecule has 1 unspecified atom stereocenters. The number of aliphatic hydroxyl groups is 1. The molecule has 132 valence electrons. The quantitative estimate of drug-likeness (QED) is 0.728. The molecule has 1 amide bonds. The Balaban J connectivity index is 1.70. The average Bonchev–Trinajstić information content (AvgIpc) is 2.67. The van der Waals surface area contributed by atoms with Crippen molar-refractivity contribution in [2.45, 2.75) is 12.5 Å². The molecule has 0 saturated carbocycles. The second-order valence-electron chi connectivity index (χ2n) is 6.38. The van der Waals surface area contributed by atoms with Gasteiger partial charge in [0.15, 0.2) is 0 Å². The van der Waals surface area contributed by atoms with E-state index >= 15 is 0 Å². The van der Waals surface area contributed by atoms with Gasteiger partial charge in [0.1, 0.15) is 11.4 Å². The van der Waals surface area contributed by atoms with Crippen LogP contribution in [0.15, 0.2) is 78.9 Å². The van der Waals surface area contributed by atoms with E-state index in [9.17, 15) is 14.3 Å². The fourth-order valence-electron chi connectivity index (χ4n) is 2.75. The Kier molecular flexibility index (Phi) is 5.14. The molecule has 3 nitrogen and oxygen atoms in total. The first-order valence-electron chi connectivity index (χ1n) is 8.38. The first-order chi connectivity index (χ1) is 12.5. The lowest BCUT2D eigenvalue weighted by Gasteiger charge is -2.24. The number of rotatable bonds is 5. The summed E-state index contributed by atoms with van der Waals surface area (Å²) >= 11 is 0. The lowest BCUT2D eigenvalue weighted by atomic mass is 9.93. The van der Waals surface area contributed by atoms with Gasteiger partial charge in [-0.05, 0) is 35.7 Å². The number of carbonyl (C=O) groups excluding carboxylic acids is 1. The van der Waals surface area contributed by atoms with Crippen molar-refractivity contribution in [1.29, 1.82) is 0 Å². The van der Waals surface area contributed by atoms with E-state index in [4.69, 9.17) is 0 Å². The van der Waals surface area contributed by atoms with Crippen molar-refractivity contribution < 1.29 is 14.3 Å². The van der Waals surface area contributed by atoms with Crippen molar-refractivity contribution in [1.82, 2.24) is 5.32 Å². The van der Waals surface area contributed by atoms with E-state index in [0.29, 0.717) is 5.56 Å². The minimum atomic E-state index is -1.27. The molecule has 4 heteroatoms. The molecule has 3 aromatic rings. The highest BCUT2D eigenvalue weighted by atomic mass is 19.1. The molecule has 0 aliphatic heterocycles. The Morgan fingerprint density at radius 2 is 1.50 bits per heavy atom. The van der Waals surface area contributed by atoms with Crippen LogP contribution in [0.25, 0.3) is 11.1 Å². The van der Waals surface area contributed by atoms with E-state index < -0.39 is 17.3 Å². The van der Waals surface area contributed by atoms with Crippen LogP contribution in [0.1, 0.15) is 22.8 Å². The van der Waals surface area contributed by atoms with Gasteiger partial charge in [0.05, 0.1) is 12.1 Å². The number of benzene rings is 3. The summed E-state index contributed by atoms with van der Waals surface area (Å²) in [6.45, 7) is 1.59. The maximum atomic E-state index is 13.7. The standard InChI is InChI=1S/C22H20FNO2/c1-22(26,15-24-21(25)19-9-5-6-10-20(19)23)18-13-11-17(12-14-18)16-7-3-2-4-8-16/h2-14,26H,15H2,1H3,(H,24,25). The summed E-state index contributed by atoms with van der Waals surface area (Å²) in [6.07, 6.45) is 0. The van der Waals surface area contributed by atoms with Gasteiger partial charge in [-0.2, -0.15) is 0 Å². The second kappa shape index (κ2) is 7.50. The molecule has 0 aliphatic rings. The van der Waals surface area contributed by atoms with Gasteiger partial charge >= 0.3 is 0 Å². The van der Waals surface area contributed by atoms with Gasteiger partial charge in [0, 0.05) is 0 Å². The summed E-state index contributed by atoms with van der Waals surface area (Å²) in [5, 5.41) is 13.3. The first-order valence-corrected chi connectivity index (χ1v) is 8.38. The molecule has 3 aromatic carbocycles. The zero-order valence-corrected chi connectivity index (χ0v) is 14.4. The monoisotopic (exact) mass is 349 g/mol. The molecule has 26 heavy (non-hydrogen) atoms. The summed E-state index contributed by atoms with van der Waals surface area (Å²) in [4.78, 5) is 12.1. The van der Waals surface area contributed by atoms with Crippen LogP contribution in [0, 0.1) is 5.82 Å². The summed E-state index contributed by atoms with van der Waals surface area (Å²) in [7, 11) is 0. The van der Waals surface area contributed by atoms with E-state index in [1.807, 2.05) is 54.6 Å². The van der Waals surface area contributed by atoms with Gasteiger partial charge in [-0.15, -0.1) is 0 Å². The summed E-state index contributed by atoms with van der Waals surface area (Å²) in [5.74, 6) is -1.14. The third-order valence-electron chi connectivity index (χ3n) is 4.33. The Morgan fingerprint density at radius 1 is 0.923 bits per heavy atom. The van der Waals surface area contributed by atoms with Crippen LogP contribution in [0.4, 0.5) is 4.39 Å². The molecule has 1 atom stereocenters. The minimum Gasteiger partial charge on any atom is -0.384 e. The number of halogens is 1. The van der Waals surface area contributed by atoms with Gasteiger partial charge < -0.3 is 10.4 Å². The second-order valence-corrected chi connectivity index (χ2v) is 6.38. The Hall–Kier alpha value is -2.98. The van der Waals surface area contributed by atoms with E-state index in [1.165, 1.54) is 18.2 Å². The van der Waals surface area contributed by atoms with Gasteiger partial charge in [0.2, 0.25) is 0 Å². The van der Waals surface area contributed by atoms with Crippen molar-refractivity contribution in [3.63, 3.8) is 0 Å². The zero-order chi connectivity index (χ0) is 18.6. The topological polar surface area (TPSA) is 49.3 Å². The predicted octanol–water partition coefficient (Wildman–Crippen LogP) is 4.13. The molecular formula is C22H20FNO2. The van der Waals surface area contributed by atoms with E-state index in [0.717, 1.165) is 11.1 Å². The van der Waals surface area contributed by atoms with Crippen LogP contribution in [-0.4, -0.2) is 17.6 Å².